The zero-order valence-corrected chi connectivity index (χ0v) is 10.7. The Labute approximate surface area is 95.5 Å². The van der Waals surface area contributed by atoms with Crippen LogP contribution >= 0.6 is 0 Å². The molecule has 0 atom stereocenters. The van der Waals surface area contributed by atoms with Crippen LogP contribution in [0.15, 0.2) is 40.0 Å². The van der Waals surface area contributed by atoms with Gasteiger partial charge >= 0.3 is 95.7 Å². The van der Waals surface area contributed by atoms with Crippen LogP contribution in [-0.2, 0) is 0 Å². The van der Waals surface area contributed by atoms with Gasteiger partial charge in [0.15, 0.2) is 0 Å². The normalized spacial score (nSPS) is 11.4. The van der Waals surface area contributed by atoms with E-state index in [0.29, 0.717) is 5.92 Å². The molecule has 0 aliphatic carbocycles. The molecule has 2 heteroatoms. The summed E-state index contributed by atoms with van der Waals surface area (Å²) in [7, 11) is 0. The fraction of sp³-hybridized carbons (Fsp3) is 0.250. The molecular weight excluding hydrogens is 286 g/mol. The Morgan fingerprint density at radius 1 is 1.36 bits per heavy atom. The van der Waals surface area contributed by atoms with E-state index in [1.165, 1.54) is 3.61 Å². The molecule has 72 valence electrons. The molecule has 0 aromatic heterocycles. The summed E-state index contributed by atoms with van der Waals surface area (Å²) in [6, 6.07) is 12.6. The summed E-state index contributed by atoms with van der Waals surface area (Å²) < 4.78 is 2.31. The molecule has 0 fully saturated rings. The minimum atomic E-state index is -0.458. The first-order chi connectivity index (χ1) is 6.72. The molecule has 0 amide bonds. The number of nitriles is 1. The third-order valence-electron chi connectivity index (χ3n) is 1.57. The summed E-state index contributed by atoms with van der Waals surface area (Å²) >= 11 is -0.458. The first-order valence-electron chi connectivity index (χ1n) is 4.57. The van der Waals surface area contributed by atoms with E-state index in [1.54, 1.807) is 0 Å². The topological polar surface area (TPSA) is 23.8 Å². The van der Waals surface area contributed by atoms with E-state index in [1.807, 2.05) is 18.2 Å². The van der Waals surface area contributed by atoms with E-state index in [2.05, 4.69) is 38.1 Å². The van der Waals surface area contributed by atoms with Crippen LogP contribution < -0.4 is 3.61 Å². The molecule has 0 saturated heterocycles. The van der Waals surface area contributed by atoms with E-state index in [0.717, 1.165) is 3.62 Å². The fourth-order valence-corrected chi connectivity index (χ4v) is 3.68. The quantitative estimate of drug-likeness (QED) is 0.619. The number of rotatable bonds is 3. The van der Waals surface area contributed by atoms with Crippen LogP contribution in [0.3, 0.4) is 0 Å². The Bertz CT molecular complexity index is 346. The molecular formula is C12H13NTe. The number of benzene rings is 1. The number of allylic oxidation sites excluding steroid dienone is 2. The Kier molecular flexibility index (Phi) is 4.74. The van der Waals surface area contributed by atoms with Gasteiger partial charge in [-0.2, -0.15) is 0 Å². The first kappa shape index (κ1) is 11.3. The molecule has 1 aromatic rings. The van der Waals surface area contributed by atoms with Crippen molar-refractivity contribution in [2.45, 2.75) is 13.8 Å². The van der Waals surface area contributed by atoms with Gasteiger partial charge in [0.1, 0.15) is 0 Å². The summed E-state index contributed by atoms with van der Waals surface area (Å²) in [6.45, 7) is 4.21. The van der Waals surface area contributed by atoms with Crippen LogP contribution in [-0.4, -0.2) is 20.9 Å². The molecule has 0 aliphatic rings. The Balaban J connectivity index is 2.73. The zero-order valence-electron chi connectivity index (χ0n) is 8.40. The fourth-order valence-electron chi connectivity index (χ4n) is 1.01. The van der Waals surface area contributed by atoms with Crippen LogP contribution in [0.1, 0.15) is 13.8 Å². The van der Waals surface area contributed by atoms with Crippen molar-refractivity contribution in [3.63, 3.8) is 0 Å². The predicted molar refractivity (Wildman–Crippen MR) is 60.4 cm³/mol. The summed E-state index contributed by atoms with van der Waals surface area (Å²) in [6.07, 6.45) is 2.08. The second-order valence-corrected chi connectivity index (χ2v) is 6.49. The van der Waals surface area contributed by atoms with Gasteiger partial charge < -0.3 is 0 Å². The van der Waals surface area contributed by atoms with Crippen molar-refractivity contribution in [3.05, 3.63) is 40.0 Å². The van der Waals surface area contributed by atoms with Crippen molar-refractivity contribution in [1.29, 1.82) is 5.26 Å². The van der Waals surface area contributed by atoms with Crippen LogP contribution in [0.2, 0.25) is 0 Å². The van der Waals surface area contributed by atoms with E-state index >= 15 is 0 Å². The van der Waals surface area contributed by atoms with Crippen molar-refractivity contribution >= 4 is 24.5 Å². The molecule has 0 unspecified atom stereocenters. The molecule has 1 rings (SSSR count). The zero-order chi connectivity index (χ0) is 10.4. The van der Waals surface area contributed by atoms with E-state index < -0.39 is 20.9 Å². The van der Waals surface area contributed by atoms with Gasteiger partial charge in [-0.05, 0) is 0 Å². The van der Waals surface area contributed by atoms with Gasteiger partial charge in [-0.3, -0.25) is 0 Å². The summed E-state index contributed by atoms with van der Waals surface area (Å²) in [5.74, 6) is 0.471. The average molecular weight is 299 g/mol. The third kappa shape index (κ3) is 3.97. The van der Waals surface area contributed by atoms with Gasteiger partial charge in [-0.15, -0.1) is 0 Å². The number of hydrogen-bond donors (Lipinski definition) is 0. The minimum absolute atomic E-state index is 0.458. The van der Waals surface area contributed by atoms with E-state index in [9.17, 15) is 0 Å². The number of nitrogens with zero attached hydrogens (tertiary/aromatic N) is 1. The SMILES string of the molecule is CC(C)/C=C(\C#N)[Te]c1ccccc1. The maximum absolute atomic E-state index is 8.95. The van der Waals surface area contributed by atoms with Gasteiger partial charge in [-0.25, -0.2) is 0 Å². The Morgan fingerprint density at radius 3 is 2.50 bits per heavy atom. The van der Waals surface area contributed by atoms with Crippen molar-refractivity contribution in [2.24, 2.45) is 5.92 Å². The molecule has 0 radical (unpaired) electrons. The van der Waals surface area contributed by atoms with Gasteiger partial charge in [0.25, 0.3) is 0 Å². The molecule has 1 nitrogen and oxygen atoms in total. The Hall–Kier alpha value is -0.760. The van der Waals surface area contributed by atoms with Crippen molar-refractivity contribution in [1.82, 2.24) is 0 Å². The first-order valence-corrected chi connectivity index (χ1v) is 6.90. The molecule has 14 heavy (non-hydrogen) atoms. The van der Waals surface area contributed by atoms with Gasteiger partial charge in [0, 0.05) is 0 Å². The molecule has 1 aromatic carbocycles. The molecule has 0 spiro atoms. The van der Waals surface area contributed by atoms with Crippen molar-refractivity contribution in [3.8, 4) is 6.07 Å². The molecule has 0 bridgehead atoms. The van der Waals surface area contributed by atoms with Gasteiger partial charge in [-0.1, -0.05) is 0 Å². The van der Waals surface area contributed by atoms with E-state index in [4.69, 9.17) is 5.26 Å². The molecule has 0 N–H and O–H groups in total. The summed E-state index contributed by atoms with van der Waals surface area (Å²) in [5.41, 5.74) is 0. The van der Waals surface area contributed by atoms with Crippen LogP contribution in [0.4, 0.5) is 0 Å². The maximum atomic E-state index is 8.95. The van der Waals surface area contributed by atoms with Crippen molar-refractivity contribution in [2.75, 3.05) is 0 Å². The monoisotopic (exact) mass is 301 g/mol. The van der Waals surface area contributed by atoms with Gasteiger partial charge in [0.2, 0.25) is 0 Å². The Morgan fingerprint density at radius 2 is 2.00 bits per heavy atom. The molecule has 0 saturated carbocycles. The summed E-state index contributed by atoms with van der Waals surface area (Å²) in [4.78, 5) is 0. The molecule has 0 heterocycles. The number of hydrogen-bond acceptors (Lipinski definition) is 1. The predicted octanol–water partition coefficient (Wildman–Crippen LogP) is 2.08. The third-order valence-corrected chi connectivity index (χ3v) is 4.29. The van der Waals surface area contributed by atoms with Crippen LogP contribution in [0, 0.1) is 17.2 Å². The second-order valence-electron chi connectivity index (χ2n) is 3.30. The average Bonchev–Trinajstić information content (AvgIpc) is 2.17. The molecule has 0 aliphatic heterocycles. The van der Waals surface area contributed by atoms with Gasteiger partial charge in [0.05, 0.1) is 0 Å². The summed E-state index contributed by atoms with van der Waals surface area (Å²) in [5, 5.41) is 8.95. The van der Waals surface area contributed by atoms with Crippen molar-refractivity contribution < 1.29 is 0 Å². The standard InChI is InChI=1S/C12H13NTe/c1-10(2)8-12(9-13)14-11-6-4-3-5-7-11/h3-8,10H,1-2H3/b12-8+. The van der Waals surface area contributed by atoms with Crippen LogP contribution in [0.5, 0.6) is 0 Å². The van der Waals surface area contributed by atoms with Crippen LogP contribution in [0.25, 0.3) is 0 Å². The second kappa shape index (κ2) is 5.86. The van der Waals surface area contributed by atoms with E-state index in [-0.39, 0.29) is 0 Å².